The first-order valence-corrected chi connectivity index (χ1v) is 9.16. The van der Waals surface area contributed by atoms with Crippen molar-refractivity contribution in [3.63, 3.8) is 0 Å². The third kappa shape index (κ3) is 5.58. The minimum Gasteiger partial charge on any atom is -0.507 e. The van der Waals surface area contributed by atoms with Crippen molar-refractivity contribution < 1.29 is 25.2 Å². The van der Waals surface area contributed by atoms with Gasteiger partial charge in [-0.1, -0.05) is 60.7 Å². The molecule has 0 unspecified atom stereocenters. The predicted molar refractivity (Wildman–Crippen MR) is 125 cm³/mol. The van der Waals surface area contributed by atoms with E-state index in [9.17, 15) is 25.2 Å². The quantitative estimate of drug-likeness (QED) is 0.332. The fraction of sp³-hybridized carbons (Fsp3) is 0. The van der Waals surface area contributed by atoms with E-state index in [0.717, 1.165) is 0 Å². The summed E-state index contributed by atoms with van der Waals surface area (Å²) in [5, 5.41) is 38.2. The molecule has 0 spiro atoms. The van der Waals surface area contributed by atoms with Gasteiger partial charge in [0.2, 0.25) is 0 Å². The Morgan fingerprint density at radius 2 is 0.742 bits per heavy atom. The van der Waals surface area contributed by atoms with Crippen LogP contribution in [-0.4, -0.2) is 26.2 Å². The molecule has 5 nitrogen and oxygen atoms in total. The largest absolute Gasteiger partial charge is 0.507 e. The van der Waals surface area contributed by atoms with Crippen molar-refractivity contribution in [3.05, 3.63) is 108 Å². The Hall–Kier alpha value is -3.90. The van der Waals surface area contributed by atoms with Gasteiger partial charge in [0.15, 0.2) is 5.78 Å². The first kappa shape index (κ1) is 23.4. The van der Waals surface area contributed by atoms with E-state index in [1.54, 1.807) is 60.7 Å². The smallest absolute Gasteiger partial charge is 0.200 e. The van der Waals surface area contributed by atoms with Crippen LogP contribution in [0.3, 0.4) is 0 Å². The number of hydrogen-bond donors (Lipinski definition) is 4. The Balaban J connectivity index is 0.000000215. The molecule has 0 amide bonds. The molecular formula is C25H22O5S. The van der Waals surface area contributed by atoms with Gasteiger partial charge in [-0.05, 0) is 36.4 Å². The molecule has 0 heterocycles. The fourth-order valence-electron chi connectivity index (χ4n) is 2.88. The zero-order chi connectivity index (χ0) is 21.5. The Morgan fingerprint density at radius 1 is 0.452 bits per heavy atom. The maximum Gasteiger partial charge on any atom is 0.200 e. The van der Waals surface area contributed by atoms with Gasteiger partial charge in [-0.2, -0.15) is 13.5 Å². The zero-order valence-corrected chi connectivity index (χ0v) is 17.4. The van der Waals surface area contributed by atoms with Crippen molar-refractivity contribution >= 4 is 19.3 Å². The van der Waals surface area contributed by atoms with Crippen molar-refractivity contribution in [2.75, 3.05) is 0 Å². The Labute approximate surface area is 187 Å². The molecule has 158 valence electrons. The van der Waals surface area contributed by atoms with Crippen LogP contribution in [0.25, 0.3) is 11.1 Å². The highest BCUT2D eigenvalue weighted by Gasteiger charge is 2.15. The van der Waals surface area contributed by atoms with Gasteiger partial charge >= 0.3 is 0 Å². The average Bonchev–Trinajstić information content (AvgIpc) is 2.75. The van der Waals surface area contributed by atoms with Gasteiger partial charge in [0, 0.05) is 11.1 Å². The van der Waals surface area contributed by atoms with Crippen LogP contribution in [0, 0.1) is 0 Å². The van der Waals surface area contributed by atoms with Crippen LogP contribution in [0.1, 0.15) is 15.9 Å². The van der Waals surface area contributed by atoms with Crippen molar-refractivity contribution in [1.29, 1.82) is 0 Å². The number of carbonyl (C=O) groups is 1. The molecule has 4 N–H and O–H groups in total. The van der Waals surface area contributed by atoms with Crippen LogP contribution in [0.5, 0.6) is 23.0 Å². The molecule has 4 rings (SSSR count). The SMILES string of the molecule is O=C(c1ccccc1O)c1ccccc1O.Oc1ccccc1-c1ccccc1O.S. The summed E-state index contributed by atoms with van der Waals surface area (Å²) >= 11 is 0. The van der Waals surface area contributed by atoms with E-state index < -0.39 is 5.78 Å². The summed E-state index contributed by atoms with van der Waals surface area (Å²) in [7, 11) is 0. The number of phenolic OH excluding ortho intramolecular Hbond substituents is 4. The lowest BCUT2D eigenvalue weighted by Crippen LogP contribution is -2.01. The van der Waals surface area contributed by atoms with E-state index in [1.165, 1.54) is 24.3 Å². The van der Waals surface area contributed by atoms with Gasteiger partial charge in [-0.15, -0.1) is 0 Å². The number of carbonyl (C=O) groups excluding carboxylic acids is 1. The number of rotatable bonds is 3. The van der Waals surface area contributed by atoms with Crippen molar-refractivity contribution in [1.82, 2.24) is 0 Å². The first-order valence-electron chi connectivity index (χ1n) is 9.16. The molecule has 0 atom stereocenters. The number of aromatic hydroxyl groups is 4. The van der Waals surface area contributed by atoms with Gasteiger partial charge in [-0.3, -0.25) is 4.79 Å². The van der Waals surface area contributed by atoms with Crippen LogP contribution < -0.4 is 0 Å². The summed E-state index contributed by atoms with van der Waals surface area (Å²) in [5.74, 6) is -0.217. The van der Waals surface area contributed by atoms with Crippen LogP contribution in [0.4, 0.5) is 0 Å². The van der Waals surface area contributed by atoms with E-state index in [0.29, 0.717) is 11.1 Å². The second-order valence-electron chi connectivity index (χ2n) is 6.40. The number of para-hydroxylation sites is 4. The third-order valence-corrected chi connectivity index (χ3v) is 4.40. The Bertz CT molecular complexity index is 1080. The van der Waals surface area contributed by atoms with Crippen molar-refractivity contribution in [3.8, 4) is 34.1 Å². The molecular weight excluding hydrogens is 412 g/mol. The lowest BCUT2D eigenvalue weighted by Gasteiger charge is -2.05. The number of phenols is 4. The third-order valence-electron chi connectivity index (χ3n) is 4.40. The van der Waals surface area contributed by atoms with Gasteiger partial charge in [0.25, 0.3) is 0 Å². The highest BCUT2D eigenvalue weighted by molar-refractivity contribution is 7.59. The lowest BCUT2D eigenvalue weighted by molar-refractivity contribution is 0.103. The van der Waals surface area contributed by atoms with Crippen molar-refractivity contribution in [2.24, 2.45) is 0 Å². The molecule has 0 radical (unpaired) electrons. The summed E-state index contributed by atoms with van der Waals surface area (Å²) in [6.07, 6.45) is 0. The predicted octanol–water partition coefficient (Wildman–Crippen LogP) is 5.21. The van der Waals surface area contributed by atoms with E-state index in [1.807, 2.05) is 12.1 Å². The van der Waals surface area contributed by atoms with E-state index in [-0.39, 0.29) is 47.6 Å². The maximum absolute atomic E-state index is 12.0. The molecule has 0 saturated heterocycles. The van der Waals surface area contributed by atoms with Crippen LogP contribution in [0.15, 0.2) is 97.1 Å². The lowest BCUT2D eigenvalue weighted by atomic mass is 10.0. The molecule has 0 aliphatic rings. The molecule has 0 aliphatic heterocycles. The molecule has 4 aromatic rings. The second-order valence-corrected chi connectivity index (χ2v) is 6.40. The molecule has 0 fully saturated rings. The number of benzene rings is 4. The van der Waals surface area contributed by atoms with Crippen LogP contribution in [-0.2, 0) is 0 Å². The Kier molecular flexibility index (Phi) is 8.11. The first-order chi connectivity index (χ1) is 14.5. The molecule has 6 heteroatoms. The highest BCUT2D eigenvalue weighted by Crippen LogP contribution is 2.34. The summed E-state index contributed by atoms with van der Waals surface area (Å²) in [6.45, 7) is 0. The van der Waals surface area contributed by atoms with Gasteiger partial charge < -0.3 is 20.4 Å². The molecule has 4 aromatic carbocycles. The van der Waals surface area contributed by atoms with Crippen LogP contribution >= 0.6 is 13.5 Å². The monoisotopic (exact) mass is 434 g/mol. The van der Waals surface area contributed by atoms with Gasteiger partial charge in [0.05, 0.1) is 11.1 Å². The summed E-state index contributed by atoms with van der Waals surface area (Å²) < 4.78 is 0. The number of hydrogen-bond acceptors (Lipinski definition) is 5. The van der Waals surface area contributed by atoms with Crippen molar-refractivity contribution in [2.45, 2.75) is 0 Å². The minimum absolute atomic E-state index is 0. The van der Waals surface area contributed by atoms with Crippen LogP contribution in [0.2, 0.25) is 0 Å². The minimum atomic E-state index is -0.392. The highest BCUT2D eigenvalue weighted by atomic mass is 32.1. The molecule has 0 aromatic heterocycles. The second kappa shape index (κ2) is 10.8. The normalized spacial score (nSPS) is 9.68. The molecule has 0 saturated carbocycles. The van der Waals surface area contributed by atoms with E-state index >= 15 is 0 Å². The topological polar surface area (TPSA) is 98.0 Å². The van der Waals surface area contributed by atoms with E-state index in [4.69, 9.17) is 0 Å². The van der Waals surface area contributed by atoms with E-state index in [2.05, 4.69) is 0 Å². The average molecular weight is 435 g/mol. The molecule has 31 heavy (non-hydrogen) atoms. The summed E-state index contributed by atoms with van der Waals surface area (Å²) in [4.78, 5) is 12.0. The molecule has 0 aliphatic carbocycles. The van der Waals surface area contributed by atoms with Gasteiger partial charge in [0.1, 0.15) is 23.0 Å². The summed E-state index contributed by atoms with van der Waals surface area (Å²) in [5.41, 5.74) is 1.66. The summed E-state index contributed by atoms with van der Waals surface area (Å²) in [6, 6.07) is 26.4. The standard InChI is InChI=1S/C13H10O3.C12H10O2.H2S/c14-11-7-3-1-5-9(11)13(16)10-6-2-4-8-12(10)15;13-11-7-3-1-5-9(11)10-6-2-4-8-12(10)14;/h1-8,14-15H;1-8,13-14H;1H2. The fourth-order valence-corrected chi connectivity index (χ4v) is 2.88. The molecule has 0 bridgehead atoms. The Morgan fingerprint density at radius 3 is 1.06 bits per heavy atom. The maximum atomic E-state index is 12.0. The number of ketones is 1. The van der Waals surface area contributed by atoms with Gasteiger partial charge in [-0.25, -0.2) is 0 Å². The zero-order valence-electron chi connectivity index (χ0n) is 16.4.